The predicted octanol–water partition coefficient (Wildman–Crippen LogP) is 1.30. The van der Waals surface area contributed by atoms with E-state index >= 15 is 0 Å². The van der Waals surface area contributed by atoms with E-state index in [1.165, 1.54) is 14.2 Å². The Hall–Kier alpha value is -0.0100. The molecule has 0 aromatic carbocycles. The molecule has 122 valence electrons. The normalized spacial score (nSPS) is 15.2. The molecule has 0 aromatic heterocycles. The smallest absolute Gasteiger partial charge is 0.330 e. The minimum atomic E-state index is -3.09. The van der Waals surface area contributed by atoms with Gasteiger partial charge in [0, 0.05) is 27.2 Å². The van der Waals surface area contributed by atoms with Crippen molar-refractivity contribution < 1.29 is 28.7 Å². The van der Waals surface area contributed by atoms with Gasteiger partial charge >= 0.3 is 7.60 Å². The van der Waals surface area contributed by atoms with Crippen molar-refractivity contribution in [3.8, 4) is 0 Å². The van der Waals surface area contributed by atoms with Crippen molar-refractivity contribution in [3.05, 3.63) is 0 Å². The van der Waals surface area contributed by atoms with E-state index in [0.717, 1.165) is 12.8 Å². The number of hydrogen-bond donors (Lipinski definition) is 3. The van der Waals surface area contributed by atoms with Gasteiger partial charge < -0.3 is 24.1 Å². The van der Waals surface area contributed by atoms with E-state index in [0.29, 0.717) is 6.61 Å². The van der Waals surface area contributed by atoms with E-state index in [1.54, 1.807) is 0 Å². The maximum atomic E-state index is 11.8. The van der Waals surface area contributed by atoms with Crippen LogP contribution in [0.1, 0.15) is 32.6 Å². The molecule has 0 heterocycles. The monoisotopic (exact) mass is 313 g/mol. The molecule has 0 amide bonds. The fourth-order valence-corrected chi connectivity index (χ4v) is 2.65. The molecule has 0 saturated heterocycles. The number of aliphatic hydroxyl groups is 2. The molecule has 7 nitrogen and oxygen atoms in total. The average molecular weight is 313 g/mol. The summed E-state index contributed by atoms with van der Waals surface area (Å²) in [5.41, 5.74) is 2.65. The number of unbranched alkanes of at least 4 members (excludes halogenated alkanes) is 1. The van der Waals surface area contributed by atoms with Crippen molar-refractivity contribution in [1.29, 1.82) is 0 Å². The van der Waals surface area contributed by atoms with Crippen LogP contribution >= 0.6 is 7.60 Å². The van der Waals surface area contributed by atoms with E-state index in [2.05, 4.69) is 12.4 Å². The summed E-state index contributed by atoms with van der Waals surface area (Å²) in [5.74, 6) is 0. The van der Waals surface area contributed by atoms with Crippen molar-refractivity contribution in [2.24, 2.45) is 0 Å². The number of rotatable bonds is 13. The summed E-state index contributed by atoms with van der Waals surface area (Å²) in [6.07, 6.45) is 1.05. The number of aliphatic hydroxyl groups excluding tert-OH is 2. The van der Waals surface area contributed by atoms with E-state index in [9.17, 15) is 14.8 Å². The highest BCUT2D eigenvalue weighted by Gasteiger charge is 2.23. The van der Waals surface area contributed by atoms with E-state index in [4.69, 9.17) is 13.9 Å². The molecular weight excluding hydrogens is 285 g/mol. The van der Waals surface area contributed by atoms with Crippen LogP contribution < -0.4 is 5.48 Å². The first-order valence-corrected chi connectivity index (χ1v) is 8.61. The number of hydroxylamine groups is 1. The standard InChI is InChI=1S/C12H28NO6P/c1-4-5-7-19-13-10-12(15)9-11(14)6-8-20(16,17-2)18-3/h11-15H,4-10H2,1-3H3/t11-,12-/m1/s1. The Morgan fingerprint density at radius 1 is 1.20 bits per heavy atom. The second kappa shape index (κ2) is 11.6. The zero-order valence-electron chi connectivity index (χ0n) is 12.6. The van der Waals surface area contributed by atoms with Crippen molar-refractivity contribution in [3.63, 3.8) is 0 Å². The quantitative estimate of drug-likeness (QED) is 0.268. The third-order valence-electron chi connectivity index (χ3n) is 2.86. The predicted molar refractivity (Wildman–Crippen MR) is 76.6 cm³/mol. The van der Waals surface area contributed by atoms with E-state index < -0.39 is 19.8 Å². The lowest BCUT2D eigenvalue weighted by Crippen LogP contribution is -2.30. The van der Waals surface area contributed by atoms with Gasteiger partial charge in [0.05, 0.1) is 25.0 Å². The van der Waals surface area contributed by atoms with Gasteiger partial charge in [0.2, 0.25) is 0 Å². The Morgan fingerprint density at radius 3 is 2.40 bits per heavy atom. The van der Waals surface area contributed by atoms with Crippen LogP contribution in [0.2, 0.25) is 0 Å². The molecule has 0 aliphatic heterocycles. The molecule has 0 fully saturated rings. The van der Waals surface area contributed by atoms with Crippen molar-refractivity contribution in [2.45, 2.75) is 44.8 Å². The van der Waals surface area contributed by atoms with Gasteiger partial charge in [-0.05, 0) is 12.8 Å². The lowest BCUT2D eigenvalue weighted by Gasteiger charge is -2.18. The number of nitrogens with one attached hydrogen (secondary N) is 1. The summed E-state index contributed by atoms with van der Waals surface area (Å²) < 4.78 is 21.3. The molecule has 3 N–H and O–H groups in total. The van der Waals surface area contributed by atoms with Crippen LogP contribution in [0.15, 0.2) is 0 Å². The Balaban J connectivity index is 3.74. The van der Waals surface area contributed by atoms with Gasteiger partial charge in [-0.1, -0.05) is 13.3 Å². The van der Waals surface area contributed by atoms with Crippen molar-refractivity contribution in [2.75, 3.05) is 33.5 Å². The van der Waals surface area contributed by atoms with Gasteiger partial charge in [0.1, 0.15) is 0 Å². The molecular formula is C12H28NO6P. The fraction of sp³-hybridized carbons (Fsp3) is 1.00. The highest BCUT2D eigenvalue weighted by Crippen LogP contribution is 2.47. The molecule has 0 saturated carbocycles. The summed E-state index contributed by atoms with van der Waals surface area (Å²) in [4.78, 5) is 5.10. The molecule has 20 heavy (non-hydrogen) atoms. The molecule has 2 atom stereocenters. The topological polar surface area (TPSA) is 97.2 Å². The van der Waals surface area contributed by atoms with Crippen LogP contribution in [0.5, 0.6) is 0 Å². The van der Waals surface area contributed by atoms with Crippen LogP contribution in [0.4, 0.5) is 0 Å². The molecule has 0 rings (SSSR count). The van der Waals surface area contributed by atoms with E-state index in [-0.39, 0.29) is 25.5 Å². The lowest BCUT2D eigenvalue weighted by atomic mass is 10.1. The second-order valence-electron chi connectivity index (χ2n) is 4.58. The summed E-state index contributed by atoms with van der Waals surface area (Å²) in [6.45, 7) is 2.90. The van der Waals surface area contributed by atoms with Gasteiger partial charge in [-0.2, -0.15) is 5.48 Å². The van der Waals surface area contributed by atoms with Crippen LogP contribution in [0, 0.1) is 0 Å². The van der Waals surface area contributed by atoms with Crippen LogP contribution in [-0.2, 0) is 18.5 Å². The van der Waals surface area contributed by atoms with E-state index in [1.807, 2.05) is 0 Å². The zero-order valence-corrected chi connectivity index (χ0v) is 13.5. The lowest BCUT2D eigenvalue weighted by molar-refractivity contribution is -0.000158. The summed E-state index contributed by atoms with van der Waals surface area (Å²) in [7, 11) is -0.477. The molecule has 0 radical (unpaired) electrons. The molecule has 0 aliphatic carbocycles. The highest BCUT2D eigenvalue weighted by atomic mass is 31.2. The molecule has 8 heteroatoms. The fourth-order valence-electron chi connectivity index (χ4n) is 1.52. The summed E-state index contributed by atoms with van der Waals surface area (Å²) >= 11 is 0. The molecule has 0 aliphatic rings. The second-order valence-corrected chi connectivity index (χ2v) is 6.98. The van der Waals surface area contributed by atoms with Gasteiger partial charge in [-0.15, -0.1) is 0 Å². The zero-order chi connectivity index (χ0) is 15.4. The van der Waals surface area contributed by atoms with Crippen LogP contribution in [0.3, 0.4) is 0 Å². The Bertz CT molecular complexity index is 271. The third kappa shape index (κ3) is 9.83. The largest absolute Gasteiger partial charge is 0.393 e. The van der Waals surface area contributed by atoms with Crippen molar-refractivity contribution in [1.82, 2.24) is 5.48 Å². The highest BCUT2D eigenvalue weighted by molar-refractivity contribution is 7.53. The van der Waals surface area contributed by atoms with Crippen LogP contribution in [-0.4, -0.2) is 56.0 Å². The first-order valence-electron chi connectivity index (χ1n) is 6.88. The Labute approximate surface area is 121 Å². The Kier molecular flexibility index (Phi) is 11.6. The third-order valence-corrected chi connectivity index (χ3v) is 4.78. The molecule has 0 bridgehead atoms. The average Bonchev–Trinajstić information content (AvgIpc) is 2.44. The molecule has 0 aromatic rings. The molecule has 0 spiro atoms. The first-order chi connectivity index (χ1) is 9.47. The summed E-state index contributed by atoms with van der Waals surface area (Å²) in [5, 5.41) is 19.4. The SMILES string of the molecule is CCCCONC[C@H](O)C[C@H](O)CCP(=O)(OC)OC. The van der Waals surface area contributed by atoms with Gasteiger partial charge in [0.15, 0.2) is 0 Å². The van der Waals surface area contributed by atoms with Crippen LogP contribution in [0.25, 0.3) is 0 Å². The van der Waals surface area contributed by atoms with Gasteiger partial charge in [-0.3, -0.25) is 4.57 Å². The first kappa shape index (κ1) is 20.0. The van der Waals surface area contributed by atoms with Gasteiger partial charge in [0.25, 0.3) is 0 Å². The minimum absolute atomic E-state index is 0.119. The molecule has 0 unspecified atom stereocenters. The van der Waals surface area contributed by atoms with Gasteiger partial charge in [-0.25, -0.2) is 0 Å². The summed E-state index contributed by atoms with van der Waals surface area (Å²) in [6, 6.07) is 0. The maximum Gasteiger partial charge on any atom is 0.330 e. The minimum Gasteiger partial charge on any atom is -0.393 e. The number of hydrogen-bond acceptors (Lipinski definition) is 7. The maximum absolute atomic E-state index is 11.8. The van der Waals surface area contributed by atoms with Crippen molar-refractivity contribution >= 4 is 7.60 Å². The Morgan fingerprint density at radius 2 is 1.85 bits per heavy atom.